The highest BCUT2D eigenvalue weighted by atomic mass is 16.3. The van der Waals surface area contributed by atoms with E-state index in [1.165, 1.54) is 55.6 Å². The second-order valence-electron chi connectivity index (χ2n) is 16.1. The van der Waals surface area contributed by atoms with Gasteiger partial charge in [0, 0.05) is 33.4 Å². The smallest absolute Gasteiger partial charge is 0.144 e. The summed E-state index contributed by atoms with van der Waals surface area (Å²) in [6.45, 7) is 6.79. The van der Waals surface area contributed by atoms with Gasteiger partial charge in [-0.2, -0.15) is 0 Å². The first-order valence-corrected chi connectivity index (χ1v) is 19.3. The van der Waals surface area contributed by atoms with E-state index in [9.17, 15) is 0 Å². The van der Waals surface area contributed by atoms with Gasteiger partial charge in [-0.3, -0.25) is 0 Å². The number of nitrogens with zero attached hydrogens (tertiary/aromatic N) is 1. The molecule has 2 heteroatoms. The van der Waals surface area contributed by atoms with Gasteiger partial charge in [0.2, 0.25) is 0 Å². The lowest BCUT2D eigenvalue weighted by molar-refractivity contribution is 0.590. The molecule has 0 unspecified atom stereocenters. The second kappa shape index (κ2) is 11.7. The summed E-state index contributed by atoms with van der Waals surface area (Å²) in [4.78, 5) is 2.35. The molecule has 0 bridgehead atoms. The van der Waals surface area contributed by atoms with Crippen LogP contribution in [-0.2, 0) is 10.8 Å². The molecule has 1 heterocycles. The van der Waals surface area contributed by atoms with E-state index in [1.807, 2.05) is 0 Å². The van der Waals surface area contributed by atoms with Gasteiger partial charge in [0.25, 0.3) is 0 Å². The molecule has 2 aliphatic rings. The summed E-state index contributed by atoms with van der Waals surface area (Å²) in [5.74, 6) is 0. The predicted octanol–water partition coefficient (Wildman–Crippen LogP) is 14.4. The first kappa shape index (κ1) is 31.8. The molecule has 0 N–H and O–H groups in total. The Hall–Kier alpha value is -6.64. The van der Waals surface area contributed by atoms with Crippen molar-refractivity contribution in [2.75, 3.05) is 4.90 Å². The summed E-state index contributed by atoms with van der Waals surface area (Å²) in [7, 11) is 0. The third-order valence-corrected chi connectivity index (χ3v) is 12.0. The van der Waals surface area contributed by atoms with E-state index in [0.29, 0.717) is 0 Å². The highest BCUT2D eigenvalue weighted by molar-refractivity contribution is 6.19. The van der Waals surface area contributed by atoms with Gasteiger partial charge >= 0.3 is 0 Å². The first-order valence-electron chi connectivity index (χ1n) is 19.3. The monoisotopic (exact) mass is 705 g/mol. The summed E-state index contributed by atoms with van der Waals surface area (Å²) in [5, 5.41) is 2.29. The van der Waals surface area contributed by atoms with E-state index in [1.54, 1.807) is 0 Å². The minimum atomic E-state index is -0.468. The molecule has 0 amide bonds. The van der Waals surface area contributed by atoms with Gasteiger partial charge < -0.3 is 9.32 Å². The van der Waals surface area contributed by atoms with Crippen molar-refractivity contribution in [1.82, 2.24) is 0 Å². The minimum Gasteiger partial charge on any atom is -0.455 e. The SMILES string of the molecule is CC(C)(C)c1ccc(N(c2ccccc2)c2ccc(-c3cc4c(c5oc6ccccc6c35)-c3ccccc3C43c4ccccc4-c4ccccc43)cc2)cc1. The van der Waals surface area contributed by atoms with E-state index in [4.69, 9.17) is 4.42 Å². The van der Waals surface area contributed by atoms with Crippen molar-refractivity contribution in [2.24, 2.45) is 0 Å². The molecule has 0 fully saturated rings. The number of rotatable bonds is 4. The fourth-order valence-electron chi connectivity index (χ4n) is 9.60. The van der Waals surface area contributed by atoms with Crippen LogP contribution in [-0.4, -0.2) is 0 Å². The normalized spacial score (nSPS) is 13.5. The zero-order valence-corrected chi connectivity index (χ0v) is 31.2. The molecule has 262 valence electrons. The van der Waals surface area contributed by atoms with Gasteiger partial charge in [0.15, 0.2) is 0 Å². The Labute approximate surface area is 322 Å². The topological polar surface area (TPSA) is 16.4 Å². The van der Waals surface area contributed by atoms with Crippen molar-refractivity contribution in [3.05, 3.63) is 210 Å². The third-order valence-electron chi connectivity index (χ3n) is 12.0. The molecule has 1 aromatic heterocycles. The van der Waals surface area contributed by atoms with Gasteiger partial charge in [0.1, 0.15) is 11.2 Å². The summed E-state index contributed by atoms with van der Waals surface area (Å²) < 4.78 is 7.00. The lowest BCUT2D eigenvalue weighted by atomic mass is 9.70. The number of benzene rings is 8. The largest absolute Gasteiger partial charge is 0.455 e. The van der Waals surface area contributed by atoms with E-state index in [-0.39, 0.29) is 5.41 Å². The van der Waals surface area contributed by atoms with Gasteiger partial charge in [0.05, 0.1) is 5.41 Å². The van der Waals surface area contributed by atoms with Crippen molar-refractivity contribution in [3.63, 3.8) is 0 Å². The van der Waals surface area contributed by atoms with Crippen molar-refractivity contribution in [1.29, 1.82) is 0 Å². The molecule has 1 spiro atoms. The van der Waals surface area contributed by atoms with Crippen molar-refractivity contribution < 1.29 is 4.42 Å². The molecule has 0 saturated carbocycles. The molecule has 0 radical (unpaired) electrons. The highest BCUT2D eigenvalue weighted by Crippen LogP contribution is 2.64. The van der Waals surface area contributed by atoms with Crippen LogP contribution < -0.4 is 4.90 Å². The quantitative estimate of drug-likeness (QED) is 0.181. The zero-order valence-electron chi connectivity index (χ0n) is 31.2. The molecule has 0 saturated heterocycles. The number of anilines is 3. The van der Waals surface area contributed by atoms with Gasteiger partial charge in [-0.15, -0.1) is 0 Å². The Morgan fingerprint density at radius 2 is 0.964 bits per heavy atom. The number of fused-ring (bicyclic) bond motifs is 14. The fraction of sp³-hybridized carbons (Fsp3) is 0.0943. The average molecular weight is 706 g/mol. The van der Waals surface area contributed by atoms with Crippen molar-refractivity contribution in [2.45, 2.75) is 31.6 Å². The van der Waals surface area contributed by atoms with E-state index < -0.39 is 5.41 Å². The Kier molecular flexibility index (Phi) is 6.76. The lowest BCUT2D eigenvalue weighted by Gasteiger charge is -2.30. The second-order valence-corrected chi connectivity index (χ2v) is 16.1. The zero-order chi connectivity index (χ0) is 36.9. The van der Waals surface area contributed by atoms with Gasteiger partial charge in [-0.25, -0.2) is 0 Å². The molecule has 0 atom stereocenters. The van der Waals surface area contributed by atoms with E-state index in [2.05, 4.69) is 208 Å². The van der Waals surface area contributed by atoms with Crippen LogP contribution in [0.5, 0.6) is 0 Å². The van der Waals surface area contributed by atoms with Gasteiger partial charge in [-0.05, 0) is 110 Å². The predicted molar refractivity (Wildman–Crippen MR) is 229 cm³/mol. The summed E-state index contributed by atoms with van der Waals surface area (Å²) in [5.41, 5.74) is 18.8. The Morgan fingerprint density at radius 1 is 0.455 bits per heavy atom. The minimum absolute atomic E-state index is 0.0822. The van der Waals surface area contributed by atoms with Crippen LogP contribution >= 0.6 is 0 Å². The van der Waals surface area contributed by atoms with Crippen LogP contribution in [0.25, 0.3) is 55.3 Å². The molecule has 55 heavy (non-hydrogen) atoms. The van der Waals surface area contributed by atoms with Crippen LogP contribution in [0.1, 0.15) is 48.6 Å². The molecule has 11 rings (SSSR count). The maximum atomic E-state index is 7.00. The molecule has 9 aromatic rings. The van der Waals surface area contributed by atoms with Crippen LogP contribution in [0.4, 0.5) is 17.1 Å². The molecule has 0 aliphatic heterocycles. The van der Waals surface area contributed by atoms with Crippen LogP contribution in [0.15, 0.2) is 186 Å². The van der Waals surface area contributed by atoms with Gasteiger partial charge in [-0.1, -0.05) is 154 Å². The standard InChI is InChI=1S/C53H39NO/c1-52(2,3)35-27-31-38(32-28-35)54(36-15-5-4-6-16-36)37-29-25-34(26-30-37)43-33-47-50(51-49(43)42-20-10-14-24-48(42)55-51)41-19-9-13-23-46(41)53(47)44-21-11-7-17-39(44)40-18-8-12-22-45(40)53/h4-33H,1-3H3. The van der Waals surface area contributed by atoms with E-state index >= 15 is 0 Å². The number of para-hydroxylation sites is 2. The molecular weight excluding hydrogens is 667 g/mol. The molecule has 2 nitrogen and oxygen atoms in total. The number of hydrogen-bond acceptors (Lipinski definition) is 2. The fourth-order valence-corrected chi connectivity index (χ4v) is 9.60. The maximum absolute atomic E-state index is 7.00. The van der Waals surface area contributed by atoms with Crippen LogP contribution in [0.3, 0.4) is 0 Å². The highest BCUT2D eigenvalue weighted by Gasteiger charge is 2.52. The Morgan fingerprint density at radius 3 is 1.60 bits per heavy atom. The average Bonchev–Trinajstić information content (AvgIpc) is 3.86. The third kappa shape index (κ3) is 4.49. The number of hydrogen-bond donors (Lipinski definition) is 0. The summed E-state index contributed by atoms with van der Waals surface area (Å²) in [6.07, 6.45) is 0. The molecule has 8 aromatic carbocycles. The Balaban J connectivity index is 1.16. The van der Waals surface area contributed by atoms with E-state index in [0.717, 1.165) is 44.6 Å². The molecular formula is C53H39NO. The lowest BCUT2D eigenvalue weighted by Crippen LogP contribution is -2.25. The van der Waals surface area contributed by atoms with Crippen LogP contribution in [0, 0.1) is 0 Å². The Bertz CT molecular complexity index is 2900. The maximum Gasteiger partial charge on any atom is 0.144 e. The van der Waals surface area contributed by atoms with Crippen molar-refractivity contribution in [3.8, 4) is 33.4 Å². The number of furan rings is 1. The summed E-state index contributed by atoms with van der Waals surface area (Å²) in [6, 6.07) is 66.8. The van der Waals surface area contributed by atoms with Crippen molar-refractivity contribution >= 4 is 39.0 Å². The first-order chi connectivity index (χ1) is 26.9. The molecule has 2 aliphatic carbocycles. The van der Waals surface area contributed by atoms with Crippen LogP contribution in [0.2, 0.25) is 0 Å². The summed E-state index contributed by atoms with van der Waals surface area (Å²) >= 11 is 0.